The molecule has 37 valence electrons. The Balaban J connectivity index is 0. The van der Waals surface area contributed by atoms with Crippen LogP contribution in [-0.4, -0.2) is 0 Å². The summed E-state index contributed by atoms with van der Waals surface area (Å²) < 4.78 is 0. The second-order valence-electron chi connectivity index (χ2n) is 0. The third-order valence-corrected chi connectivity index (χ3v) is 0. The second-order valence-corrected chi connectivity index (χ2v) is 0. The average Bonchev–Trinajstić information content (AvgIpc) is 0. The van der Waals surface area contributed by atoms with E-state index in [1.54, 1.807) is 0 Å². The maximum atomic E-state index is 0. The molecule has 0 spiro atoms. The zero-order valence-corrected chi connectivity index (χ0v) is 7.73. The van der Waals surface area contributed by atoms with Crippen LogP contribution < -0.4 is 70.2 Å². The van der Waals surface area contributed by atoms with Gasteiger partial charge >= 0.3 is 70.9 Å². The molecule has 0 aliphatic carbocycles. The molecule has 0 atom stereocenters. The smallest absolute Gasteiger partial charge is 1.00 e. The first-order valence-electron chi connectivity index (χ1n) is 0. The Morgan fingerprint density at radius 2 is 0.500 bits per heavy atom. The van der Waals surface area contributed by atoms with Gasteiger partial charge in [0.2, 0.25) is 0 Å². The van der Waals surface area contributed by atoms with Crippen molar-refractivity contribution in [2.75, 3.05) is 0 Å². The van der Waals surface area contributed by atoms with Crippen LogP contribution in [0.2, 0.25) is 0 Å². The largest absolute Gasteiger partial charge is 3.00 e. The minimum Gasteiger partial charge on any atom is -1.00 e. The van der Waals surface area contributed by atoms with Gasteiger partial charge in [0.15, 0.2) is 0 Å². The predicted molar refractivity (Wildman–Crippen MR) is 0 cm³/mol. The molecule has 0 saturated carbocycles. The van der Waals surface area contributed by atoms with Crippen molar-refractivity contribution in [3.63, 3.8) is 0 Å². The van der Waals surface area contributed by atoms with E-state index in [4.69, 9.17) is 0 Å². The number of hydrogen-bond donors (Lipinski definition) is 0. The van der Waals surface area contributed by atoms with Gasteiger partial charge in [-0.1, -0.05) is 0 Å². The molecular formula is F4KRu. The fraction of sp³-hybridized carbons (Fsp3) is 0. The van der Waals surface area contributed by atoms with E-state index in [9.17, 15) is 0 Å². The SMILES string of the molecule is [F-].[F-].[F-].[F-].[K+].[Ru+3]. The molecule has 0 aromatic rings. The molecule has 0 aliphatic rings. The molecule has 1 radical (unpaired) electrons. The molecule has 0 unspecified atom stereocenters. The third kappa shape index (κ3) is 37.8. The molecule has 0 fully saturated rings. The molecule has 0 heterocycles. The molecule has 0 aromatic heterocycles. The summed E-state index contributed by atoms with van der Waals surface area (Å²) in [5.74, 6) is 0. The normalized spacial score (nSPS) is 0. The van der Waals surface area contributed by atoms with Crippen LogP contribution in [0.1, 0.15) is 0 Å². The topological polar surface area (TPSA) is 0 Å². The third-order valence-electron chi connectivity index (χ3n) is 0. The molecule has 0 nitrogen and oxygen atoms in total. The van der Waals surface area contributed by atoms with Crippen molar-refractivity contribution < 1.29 is 89.7 Å². The molecule has 0 saturated heterocycles. The minimum absolute atomic E-state index is 0. The van der Waals surface area contributed by atoms with E-state index in [0.717, 1.165) is 0 Å². The summed E-state index contributed by atoms with van der Waals surface area (Å²) >= 11 is 0. The molecule has 0 bridgehead atoms. The Kier molecular flexibility index (Phi) is 1050. The molecule has 0 N–H and O–H groups in total. The van der Waals surface area contributed by atoms with Crippen LogP contribution in [0.3, 0.4) is 0 Å². The fourth-order valence-electron chi connectivity index (χ4n) is 0. The van der Waals surface area contributed by atoms with E-state index in [1.165, 1.54) is 0 Å². The summed E-state index contributed by atoms with van der Waals surface area (Å²) in [6, 6.07) is 0. The van der Waals surface area contributed by atoms with E-state index in [2.05, 4.69) is 0 Å². The molecule has 6 heteroatoms. The summed E-state index contributed by atoms with van der Waals surface area (Å²) in [7, 11) is 0. The maximum Gasteiger partial charge on any atom is 3.00 e. The monoisotopic (exact) mass is 217 g/mol. The fourth-order valence-corrected chi connectivity index (χ4v) is 0. The van der Waals surface area contributed by atoms with Crippen molar-refractivity contribution in [2.45, 2.75) is 0 Å². The number of halogens is 4. The van der Waals surface area contributed by atoms with Crippen molar-refractivity contribution in [3.8, 4) is 0 Å². The van der Waals surface area contributed by atoms with Crippen LogP contribution in [0.5, 0.6) is 0 Å². The molecular weight excluding hydrogens is 216 g/mol. The second kappa shape index (κ2) is 63.7. The van der Waals surface area contributed by atoms with Crippen LogP contribution in [0.25, 0.3) is 0 Å². The van der Waals surface area contributed by atoms with Gasteiger partial charge in [-0.05, 0) is 0 Å². The van der Waals surface area contributed by atoms with E-state index in [0.29, 0.717) is 0 Å². The van der Waals surface area contributed by atoms with Gasteiger partial charge in [0.1, 0.15) is 0 Å². The summed E-state index contributed by atoms with van der Waals surface area (Å²) in [5, 5.41) is 0. The molecule has 0 aliphatic heterocycles. The van der Waals surface area contributed by atoms with Crippen molar-refractivity contribution in [1.82, 2.24) is 0 Å². The van der Waals surface area contributed by atoms with Crippen molar-refractivity contribution in [3.05, 3.63) is 0 Å². The van der Waals surface area contributed by atoms with Gasteiger partial charge in [-0.2, -0.15) is 0 Å². The zero-order valence-electron chi connectivity index (χ0n) is 2.87. The zero-order chi connectivity index (χ0) is 0. The van der Waals surface area contributed by atoms with Crippen molar-refractivity contribution >= 4 is 0 Å². The summed E-state index contributed by atoms with van der Waals surface area (Å²) in [4.78, 5) is 0. The van der Waals surface area contributed by atoms with Gasteiger partial charge < -0.3 is 18.8 Å². The van der Waals surface area contributed by atoms with E-state index < -0.39 is 0 Å². The first-order valence-corrected chi connectivity index (χ1v) is 0. The quantitative estimate of drug-likeness (QED) is 0.279. The Morgan fingerprint density at radius 1 is 0.500 bits per heavy atom. The summed E-state index contributed by atoms with van der Waals surface area (Å²) in [6.45, 7) is 0. The van der Waals surface area contributed by atoms with Crippen LogP contribution in [0.4, 0.5) is 0 Å². The van der Waals surface area contributed by atoms with Crippen LogP contribution in [0, 0.1) is 0 Å². The Labute approximate surface area is 88.1 Å². The number of hydrogen-bond acceptors (Lipinski definition) is 0. The first-order chi connectivity index (χ1) is 0. The van der Waals surface area contributed by atoms with Gasteiger partial charge in [-0.25, -0.2) is 0 Å². The predicted octanol–water partition coefficient (Wildman–Crippen LogP) is -15.0. The van der Waals surface area contributed by atoms with E-state index in [1.807, 2.05) is 0 Å². The Bertz CT molecular complexity index is 7.51. The number of rotatable bonds is 0. The first kappa shape index (κ1) is 99.2. The molecule has 0 aromatic carbocycles. The average molecular weight is 216 g/mol. The van der Waals surface area contributed by atoms with E-state index in [-0.39, 0.29) is 89.7 Å². The van der Waals surface area contributed by atoms with Crippen LogP contribution >= 0.6 is 0 Å². The van der Waals surface area contributed by atoms with Gasteiger partial charge in [-0.15, -0.1) is 0 Å². The Hall–Kier alpha value is 1.98. The minimum atomic E-state index is 0. The molecule has 0 rings (SSSR count). The van der Waals surface area contributed by atoms with Gasteiger partial charge in [-0.3, -0.25) is 0 Å². The maximum absolute atomic E-state index is 0. The van der Waals surface area contributed by atoms with Gasteiger partial charge in [0, 0.05) is 0 Å². The molecule has 0 amide bonds. The Morgan fingerprint density at radius 3 is 0.500 bits per heavy atom. The summed E-state index contributed by atoms with van der Waals surface area (Å²) in [6.07, 6.45) is 0. The van der Waals surface area contributed by atoms with Crippen molar-refractivity contribution in [1.29, 1.82) is 0 Å². The van der Waals surface area contributed by atoms with Crippen LogP contribution in [-0.2, 0) is 19.5 Å². The van der Waals surface area contributed by atoms with E-state index >= 15 is 0 Å². The summed E-state index contributed by atoms with van der Waals surface area (Å²) in [5.41, 5.74) is 0. The van der Waals surface area contributed by atoms with Crippen molar-refractivity contribution in [2.24, 2.45) is 0 Å². The standard InChI is InChI=1S/4FH.K.Ru/h4*1H;;/q;;;;+1;+3/p-4. The van der Waals surface area contributed by atoms with Gasteiger partial charge in [0.05, 0.1) is 0 Å². The van der Waals surface area contributed by atoms with Gasteiger partial charge in [0.25, 0.3) is 0 Å². The molecule has 6 heavy (non-hydrogen) atoms. The van der Waals surface area contributed by atoms with Crippen LogP contribution in [0.15, 0.2) is 0 Å².